The molecule has 0 saturated carbocycles. The second-order valence-electron chi connectivity index (χ2n) is 10.1. The molecule has 4 aromatic rings. The molecule has 1 unspecified atom stereocenters. The van der Waals surface area contributed by atoms with E-state index >= 15 is 0 Å². The molecule has 41 heavy (non-hydrogen) atoms. The molecule has 4 N–H and O–H groups in total. The maximum Gasteiger partial charge on any atom is 0.263 e. The number of piperazine rings is 1. The number of aromatic nitrogens is 4. The standard InChI is InChI=1S/C27H28Cl2N8O4/c1-14-10-34(2)4-5-37(14)21-8-20(19(29)9-31-21)33-22(38)12-36-11-17(23-26(36)32-13-35(3)27(23)41)15-6-16(25(30)40)24(39)18(28)7-15/h6-9,11,13-14,39H,4-5,10,12H2,1-3H3,(H2,30,40)(H,31,33,38). The van der Waals surface area contributed by atoms with Crippen molar-refractivity contribution < 1.29 is 14.7 Å². The van der Waals surface area contributed by atoms with E-state index in [1.807, 2.05) is 0 Å². The minimum atomic E-state index is -0.889. The predicted octanol–water partition coefficient (Wildman–Crippen LogP) is 2.69. The molecular weight excluding hydrogens is 571 g/mol. The van der Waals surface area contributed by atoms with E-state index < -0.39 is 17.6 Å². The Hall–Kier alpha value is -4.13. The van der Waals surface area contributed by atoms with Crippen LogP contribution >= 0.6 is 23.2 Å². The number of aromatic hydroxyl groups is 1. The third kappa shape index (κ3) is 5.45. The number of pyridine rings is 1. The number of likely N-dealkylation sites (N-methyl/N-ethyl adjacent to an activating group) is 1. The van der Waals surface area contributed by atoms with E-state index in [0.717, 1.165) is 19.6 Å². The number of nitrogens with two attached hydrogens (primary N) is 1. The van der Waals surface area contributed by atoms with Crippen molar-refractivity contribution in [2.24, 2.45) is 12.8 Å². The van der Waals surface area contributed by atoms with Gasteiger partial charge < -0.3 is 35.1 Å². The number of rotatable bonds is 6. The quantitative estimate of drug-likeness (QED) is 0.306. The van der Waals surface area contributed by atoms with Gasteiger partial charge in [0.25, 0.3) is 11.5 Å². The van der Waals surface area contributed by atoms with Crippen LogP contribution in [0.15, 0.2) is 41.7 Å². The lowest BCUT2D eigenvalue weighted by molar-refractivity contribution is -0.116. The van der Waals surface area contributed by atoms with Gasteiger partial charge in [-0.05, 0) is 31.7 Å². The van der Waals surface area contributed by atoms with Crippen LogP contribution in [0.4, 0.5) is 11.5 Å². The summed E-state index contributed by atoms with van der Waals surface area (Å²) in [6.07, 6.45) is 4.43. The van der Waals surface area contributed by atoms with Gasteiger partial charge in [0.15, 0.2) is 0 Å². The van der Waals surface area contributed by atoms with E-state index in [1.54, 1.807) is 19.3 Å². The summed E-state index contributed by atoms with van der Waals surface area (Å²) in [7, 11) is 3.62. The van der Waals surface area contributed by atoms with Crippen LogP contribution in [-0.4, -0.2) is 73.6 Å². The van der Waals surface area contributed by atoms with Crippen LogP contribution in [0.5, 0.6) is 5.75 Å². The fourth-order valence-electron chi connectivity index (χ4n) is 5.05. The first kappa shape index (κ1) is 28.4. The molecule has 4 heterocycles. The van der Waals surface area contributed by atoms with Crippen molar-refractivity contribution in [1.29, 1.82) is 0 Å². The summed E-state index contributed by atoms with van der Waals surface area (Å²) in [5.41, 5.74) is 6.19. The smallest absolute Gasteiger partial charge is 0.263 e. The Balaban J connectivity index is 1.49. The summed E-state index contributed by atoms with van der Waals surface area (Å²) in [4.78, 5) is 51.6. The van der Waals surface area contributed by atoms with E-state index in [4.69, 9.17) is 28.9 Å². The number of amides is 2. The molecule has 0 radical (unpaired) electrons. The summed E-state index contributed by atoms with van der Waals surface area (Å²) in [5, 5.41) is 13.4. The second kappa shape index (κ2) is 11.0. The SMILES string of the molecule is CC1CN(C)CCN1c1cc(NC(=O)Cn2cc(-c3cc(Cl)c(O)c(C(N)=O)c3)c3c(=O)n(C)cnc32)c(Cl)cn1. The zero-order chi connectivity index (χ0) is 29.6. The normalized spacial score (nSPS) is 15.8. The Bertz CT molecular complexity index is 1750. The number of nitrogens with one attached hydrogen (secondary N) is 1. The molecule has 5 rings (SSSR count). The maximum absolute atomic E-state index is 13.3. The minimum Gasteiger partial charge on any atom is -0.506 e. The van der Waals surface area contributed by atoms with E-state index in [9.17, 15) is 19.5 Å². The van der Waals surface area contributed by atoms with Crippen LogP contribution in [-0.2, 0) is 18.4 Å². The van der Waals surface area contributed by atoms with Gasteiger partial charge >= 0.3 is 0 Å². The average Bonchev–Trinajstić information content (AvgIpc) is 3.27. The highest BCUT2D eigenvalue weighted by atomic mass is 35.5. The van der Waals surface area contributed by atoms with Crippen molar-refractivity contribution in [1.82, 2.24) is 24.0 Å². The van der Waals surface area contributed by atoms with Gasteiger partial charge in [0.05, 0.1) is 39.2 Å². The highest BCUT2D eigenvalue weighted by Gasteiger charge is 2.24. The number of carbonyl (C=O) groups excluding carboxylic acids is 2. The number of benzene rings is 1. The van der Waals surface area contributed by atoms with Crippen LogP contribution in [0, 0.1) is 0 Å². The van der Waals surface area contributed by atoms with Crippen molar-refractivity contribution in [2.45, 2.75) is 19.5 Å². The van der Waals surface area contributed by atoms with Gasteiger partial charge in [0, 0.05) is 50.6 Å². The van der Waals surface area contributed by atoms with Crippen molar-refractivity contribution in [3.63, 3.8) is 0 Å². The summed E-state index contributed by atoms with van der Waals surface area (Å²) >= 11 is 12.6. The molecule has 1 aromatic carbocycles. The Morgan fingerprint density at radius 1 is 1.15 bits per heavy atom. The number of halogens is 2. The Morgan fingerprint density at radius 3 is 2.61 bits per heavy atom. The first-order valence-electron chi connectivity index (χ1n) is 12.7. The lowest BCUT2D eigenvalue weighted by Crippen LogP contribution is -2.50. The fraction of sp³-hybridized carbons (Fsp3) is 0.296. The molecule has 2 amide bonds. The monoisotopic (exact) mass is 598 g/mol. The zero-order valence-electron chi connectivity index (χ0n) is 22.6. The molecule has 0 bridgehead atoms. The van der Waals surface area contributed by atoms with Gasteiger partial charge in [-0.1, -0.05) is 23.2 Å². The van der Waals surface area contributed by atoms with Gasteiger partial charge in [-0.3, -0.25) is 14.4 Å². The molecule has 1 saturated heterocycles. The van der Waals surface area contributed by atoms with Gasteiger partial charge in [0.2, 0.25) is 5.91 Å². The number of hydrogen-bond acceptors (Lipinski definition) is 8. The van der Waals surface area contributed by atoms with Crippen LogP contribution in [0.2, 0.25) is 10.0 Å². The number of aryl methyl sites for hydroxylation is 1. The van der Waals surface area contributed by atoms with Crippen LogP contribution in [0.1, 0.15) is 17.3 Å². The number of hydrogen-bond donors (Lipinski definition) is 3. The fourth-order valence-corrected chi connectivity index (χ4v) is 5.42. The van der Waals surface area contributed by atoms with E-state index in [2.05, 4.69) is 39.1 Å². The van der Waals surface area contributed by atoms with Crippen LogP contribution in [0.3, 0.4) is 0 Å². The van der Waals surface area contributed by atoms with Crippen LogP contribution < -0.4 is 21.5 Å². The minimum absolute atomic E-state index is 0.117. The molecular formula is C27H28Cl2N8O4. The molecule has 0 spiro atoms. The Morgan fingerprint density at radius 2 is 1.90 bits per heavy atom. The van der Waals surface area contributed by atoms with Crippen molar-refractivity contribution in [2.75, 3.05) is 36.9 Å². The molecule has 0 aliphatic carbocycles. The molecule has 12 nitrogen and oxygen atoms in total. The number of primary amides is 1. The zero-order valence-corrected chi connectivity index (χ0v) is 24.1. The topological polar surface area (TPSA) is 152 Å². The highest BCUT2D eigenvalue weighted by molar-refractivity contribution is 6.34. The lowest BCUT2D eigenvalue weighted by atomic mass is 10.0. The Kier molecular flexibility index (Phi) is 7.64. The molecule has 1 fully saturated rings. The number of nitrogens with zero attached hydrogens (tertiary/aromatic N) is 6. The van der Waals surface area contributed by atoms with Gasteiger partial charge in [-0.2, -0.15) is 0 Å². The largest absolute Gasteiger partial charge is 0.506 e. The third-order valence-corrected chi connectivity index (χ3v) is 7.72. The van der Waals surface area contributed by atoms with E-state index in [1.165, 1.54) is 33.8 Å². The molecule has 1 aliphatic heterocycles. The predicted molar refractivity (Wildman–Crippen MR) is 158 cm³/mol. The molecule has 1 aliphatic rings. The summed E-state index contributed by atoms with van der Waals surface area (Å²) < 4.78 is 2.82. The van der Waals surface area contributed by atoms with E-state index in [0.29, 0.717) is 22.6 Å². The van der Waals surface area contributed by atoms with Gasteiger partial charge in [-0.25, -0.2) is 9.97 Å². The summed E-state index contributed by atoms with van der Waals surface area (Å²) in [6, 6.07) is 4.73. The van der Waals surface area contributed by atoms with Crippen molar-refractivity contribution in [3.05, 3.63) is 62.9 Å². The number of fused-ring (bicyclic) bond motifs is 1. The van der Waals surface area contributed by atoms with Gasteiger partial charge in [-0.15, -0.1) is 0 Å². The van der Waals surface area contributed by atoms with E-state index in [-0.39, 0.29) is 44.8 Å². The van der Waals surface area contributed by atoms with Crippen molar-refractivity contribution >= 4 is 57.6 Å². The molecule has 214 valence electrons. The molecule has 14 heteroatoms. The summed E-state index contributed by atoms with van der Waals surface area (Å²) in [5.74, 6) is -1.06. The molecule has 3 aromatic heterocycles. The second-order valence-corrected chi connectivity index (χ2v) is 10.9. The Labute approximate surface area is 244 Å². The number of anilines is 2. The number of phenols is 1. The lowest BCUT2D eigenvalue weighted by Gasteiger charge is -2.39. The van der Waals surface area contributed by atoms with Crippen LogP contribution in [0.25, 0.3) is 22.2 Å². The molecule has 1 atom stereocenters. The van der Waals surface area contributed by atoms with Gasteiger partial charge in [0.1, 0.15) is 23.8 Å². The first-order valence-corrected chi connectivity index (χ1v) is 13.5. The highest BCUT2D eigenvalue weighted by Crippen LogP contribution is 2.36. The average molecular weight is 599 g/mol. The third-order valence-electron chi connectivity index (χ3n) is 7.13. The first-order chi connectivity index (χ1) is 19.4. The number of carbonyl (C=O) groups is 2. The van der Waals surface area contributed by atoms with Crippen molar-refractivity contribution in [3.8, 4) is 16.9 Å². The maximum atomic E-state index is 13.3. The summed E-state index contributed by atoms with van der Waals surface area (Å²) in [6.45, 7) is 4.47.